The molecular formula is C43H38ClF10N7O10S3. The van der Waals surface area contributed by atoms with E-state index in [0.29, 0.717) is 12.3 Å². The molecule has 0 bridgehead atoms. The molecule has 17 nitrogen and oxygen atoms in total. The summed E-state index contributed by atoms with van der Waals surface area (Å²) in [6, 6.07) is 4.38. The van der Waals surface area contributed by atoms with Crippen molar-refractivity contribution in [2.45, 2.75) is 81.2 Å². The molecular weight excluding hydrogens is 1100 g/mol. The summed E-state index contributed by atoms with van der Waals surface area (Å²) < 4.78 is 233. The Bertz CT molecular complexity index is 3520. The number of nitrogens with one attached hydrogen (secondary N) is 1. The van der Waals surface area contributed by atoms with E-state index < -0.39 is 183 Å². The van der Waals surface area contributed by atoms with Crippen molar-refractivity contribution >= 4 is 70.3 Å². The van der Waals surface area contributed by atoms with Gasteiger partial charge in [0.1, 0.15) is 40.9 Å². The Morgan fingerprint density at radius 3 is 2.18 bits per heavy atom. The molecule has 2 N–H and O–H groups in total. The minimum atomic E-state index is -5.25. The van der Waals surface area contributed by atoms with Crippen LogP contribution in [0.1, 0.15) is 72.6 Å². The van der Waals surface area contributed by atoms with Crippen LogP contribution in [0.3, 0.4) is 0 Å². The molecule has 400 valence electrons. The van der Waals surface area contributed by atoms with E-state index in [1.807, 2.05) is 0 Å². The standard InChI is InChI=1S/C43H38ClF10N7O10S3/c1-40(2,72(3,64)65)11-10-24-6-7-25(26-8-9-29(44)33-35(26)60(20-41(47,48)49)58-38(33)61(73(4,66)67)39(63)71-12-5-13-74(68,69)70)34(55-24)30(16-21-14-22(45)17-23(46)15-21)56-31(62)19-59-37-32(36(57-59)43(52,53)54)27-18-28(27)42(37,50)51/h6-9,14-15,17,27-28,30H,5,12-13,16,18-20H2,1-4H3,(H,56,62)(H,68,69,70)/t27-,28+,30?/m0/s1. The Morgan fingerprint density at radius 2 is 1.59 bits per heavy atom. The lowest BCUT2D eigenvalue weighted by molar-refractivity contribution is -0.143. The fourth-order valence-electron chi connectivity index (χ4n) is 8.24. The van der Waals surface area contributed by atoms with Crippen LogP contribution in [-0.2, 0) is 71.1 Å². The second-order valence-corrected chi connectivity index (χ2v) is 24.2. The Kier molecular flexibility index (Phi) is 14.5. The minimum absolute atomic E-state index is 0.162. The number of rotatable bonds is 15. The monoisotopic (exact) mass is 1130 g/mol. The van der Waals surface area contributed by atoms with Gasteiger partial charge in [0.2, 0.25) is 15.9 Å². The summed E-state index contributed by atoms with van der Waals surface area (Å²) >= 11 is 6.57. The number of carbonyl (C=O) groups is 2. The third-order valence-electron chi connectivity index (χ3n) is 11.8. The topological polar surface area (TPSA) is 230 Å². The Morgan fingerprint density at radius 1 is 0.959 bits per heavy atom. The average Bonchev–Trinajstić information content (AvgIpc) is 3.75. The van der Waals surface area contributed by atoms with E-state index in [1.54, 1.807) is 0 Å². The molecule has 3 atom stereocenters. The number of pyridine rings is 1. The van der Waals surface area contributed by atoms with E-state index in [2.05, 4.69) is 32.3 Å². The number of sulfonamides is 1. The number of alkyl halides is 8. The molecule has 0 aliphatic heterocycles. The number of fused-ring (bicyclic) bond motifs is 4. The first-order valence-electron chi connectivity index (χ1n) is 21.3. The molecule has 2 aliphatic rings. The SMILES string of the molecule is CC(C)(C#Cc1ccc(-c2ccc(Cl)c3c(N(C(=O)OCCCS(=O)(=O)O)S(C)(=O)=O)nn(CC(F)(F)F)c23)c(C(Cc2cc(F)cc(F)c2)NC(=O)Cn2nc(C(F)(F)F)c3c2C(F)(F)[C@@H]2C[C@H]32)n1)S(C)(=O)=O. The van der Waals surface area contributed by atoms with Gasteiger partial charge in [-0.15, -0.1) is 0 Å². The van der Waals surface area contributed by atoms with E-state index >= 15 is 8.78 Å². The zero-order valence-corrected chi connectivity index (χ0v) is 41.6. The number of amides is 2. The van der Waals surface area contributed by atoms with Gasteiger partial charge in [0.15, 0.2) is 21.3 Å². The zero-order chi connectivity index (χ0) is 55.1. The molecule has 3 aromatic heterocycles. The number of ether oxygens (including phenoxy) is 1. The van der Waals surface area contributed by atoms with Crippen molar-refractivity contribution in [3.63, 3.8) is 0 Å². The molecule has 2 aromatic carbocycles. The lowest BCUT2D eigenvalue weighted by Gasteiger charge is -2.23. The van der Waals surface area contributed by atoms with E-state index in [4.69, 9.17) is 20.9 Å². The first-order valence-corrected chi connectivity index (χ1v) is 27.0. The zero-order valence-electron chi connectivity index (χ0n) is 38.4. The number of hydrogen-bond acceptors (Lipinski definition) is 12. The van der Waals surface area contributed by atoms with Gasteiger partial charge < -0.3 is 10.1 Å². The van der Waals surface area contributed by atoms with Crippen LogP contribution in [0.25, 0.3) is 22.0 Å². The molecule has 0 saturated heterocycles. The molecule has 0 spiro atoms. The highest BCUT2D eigenvalue weighted by molar-refractivity contribution is 7.93. The van der Waals surface area contributed by atoms with Crippen molar-refractivity contribution in [3.8, 4) is 23.0 Å². The highest BCUT2D eigenvalue weighted by Crippen LogP contribution is 2.68. The molecule has 1 fully saturated rings. The lowest BCUT2D eigenvalue weighted by atomic mass is 9.93. The lowest BCUT2D eigenvalue weighted by Crippen LogP contribution is -2.37. The van der Waals surface area contributed by atoms with Crippen LogP contribution >= 0.6 is 11.6 Å². The third kappa shape index (κ3) is 11.7. The number of anilines is 1. The highest BCUT2D eigenvalue weighted by Gasteiger charge is 2.68. The van der Waals surface area contributed by atoms with Crippen LogP contribution in [-0.4, -0.2) is 102 Å². The maximum absolute atomic E-state index is 15.6. The van der Waals surface area contributed by atoms with Gasteiger partial charge >= 0.3 is 18.4 Å². The van der Waals surface area contributed by atoms with E-state index in [9.17, 15) is 70.0 Å². The molecule has 7 rings (SSSR count). The first-order chi connectivity index (χ1) is 33.9. The number of benzene rings is 2. The summed E-state index contributed by atoms with van der Waals surface area (Å²) in [6.07, 6.45) is -12.7. The predicted octanol–water partition coefficient (Wildman–Crippen LogP) is 7.47. The molecule has 31 heteroatoms. The van der Waals surface area contributed by atoms with E-state index in [-0.39, 0.29) is 36.9 Å². The molecule has 2 aliphatic carbocycles. The number of nitrogens with zero attached hydrogens (tertiary/aromatic N) is 6. The Hall–Kier alpha value is -6.03. The molecule has 1 saturated carbocycles. The van der Waals surface area contributed by atoms with Gasteiger partial charge in [0.05, 0.1) is 46.3 Å². The quantitative estimate of drug-likeness (QED) is 0.0449. The number of hydrogen-bond donors (Lipinski definition) is 2. The predicted molar refractivity (Wildman–Crippen MR) is 242 cm³/mol. The summed E-state index contributed by atoms with van der Waals surface area (Å²) in [4.78, 5) is 32.1. The normalized spacial score (nSPS) is 17.0. The van der Waals surface area contributed by atoms with E-state index in [1.165, 1.54) is 13.8 Å². The summed E-state index contributed by atoms with van der Waals surface area (Å²) in [5.41, 5.74) is -6.35. The number of aromatic nitrogens is 5. The van der Waals surface area contributed by atoms with Gasteiger partial charge in [0.25, 0.3) is 16.0 Å². The van der Waals surface area contributed by atoms with Crippen molar-refractivity contribution in [1.82, 2.24) is 29.9 Å². The maximum atomic E-state index is 15.6. The van der Waals surface area contributed by atoms with Gasteiger partial charge in [-0.25, -0.2) is 35.4 Å². The molecule has 0 radical (unpaired) electrons. The largest absolute Gasteiger partial charge is 0.448 e. The molecule has 74 heavy (non-hydrogen) atoms. The molecule has 3 heterocycles. The fourth-order valence-corrected chi connectivity index (χ4v) is 9.96. The Balaban J connectivity index is 1.46. The van der Waals surface area contributed by atoms with Gasteiger partial charge in [-0.1, -0.05) is 23.6 Å². The summed E-state index contributed by atoms with van der Waals surface area (Å²) in [7, 11) is -13.5. The van der Waals surface area contributed by atoms with Crippen molar-refractivity contribution in [1.29, 1.82) is 0 Å². The van der Waals surface area contributed by atoms with Crippen LogP contribution in [0.4, 0.5) is 54.5 Å². The molecule has 1 unspecified atom stereocenters. The van der Waals surface area contributed by atoms with Gasteiger partial charge in [-0.2, -0.15) is 58.0 Å². The van der Waals surface area contributed by atoms with Crippen molar-refractivity contribution in [2.75, 3.05) is 29.2 Å². The van der Waals surface area contributed by atoms with Crippen LogP contribution in [0, 0.1) is 29.4 Å². The summed E-state index contributed by atoms with van der Waals surface area (Å²) in [5, 5.41) is 8.27. The first kappa shape index (κ1) is 55.7. The second kappa shape index (κ2) is 19.3. The van der Waals surface area contributed by atoms with Crippen molar-refractivity contribution in [2.24, 2.45) is 5.92 Å². The van der Waals surface area contributed by atoms with E-state index in [0.717, 1.165) is 42.7 Å². The molecule has 5 aromatic rings. The van der Waals surface area contributed by atoms with Gasteiger partial charge in [-0.3, -0.25) is 18.7 Å². The number of halogens is 11. The molecule has 2 amide bonds. The minimum Gasteiger partial charge on any atom is -0.448 e. The van der Waals surface area contributed by atoms with Crippen LogP contribution in [0.2, 0.25) is 5.02 Å². The van der Waals surface area contributed by atoms with Gasteiger partial charge in [0, 0.05) is 34.9 Å². The number of sulfone groups is 1. The maximum Gasteiger partial charge on any atom is 0.435 e. The summed E-state index contributed by atoms with van der Waals surface area (Å²) in [5.74, 6) is -7.39. The van der Waals surface area contributed by atoms with Crippen LogP contribution < -0.4 is 9.62 Å². The van der Waals surface area contributed by atoms with Crippen molar-refractivity contribution in [3.05, 3.63) is 93.0 Å². The fraction of sp³-hybridized carbons (Fsp3) is 0.419. The van der Waals surface area contributed by atoms with Crippen LogP contribution in [0.15, 0.2) is 42.5 Å². The Labute approximate surface area is 418 Å². The van der Waals surface area contributed by atoms with Crippen molar-refractivity contribution < 1.29 is 88.0 Å². The third-order valence-corrected chi connectivity index (χ3v) is 15.8. The summed E-state index contributed by atoms with van der Waals surface area (Å²) in [6.45, 7) is -1.84. The smallest absolute Gasteiger partial charge is 0.435 e. The average molecular weight is 1130 g/mol. The highest BCUT2D eigenvalue weighted by atomic mass is 35.5. The van der Waals surface area contributed by atoms with Gasteiger partial charge in [-0.05, 0) is 80.8 Å². The second-order valence-electron chi connectivity index (χ2n) is 17.8. The van der Waals surface area contributed by atoms with Crippen LogP contribution in [0.5, 0.6) is 0 Å². The number of carbonyl (C=O) groups excluding carboxylic acids is 2.